The van der Waals surface area contributed by atoms with Crippen LogP contribution in [0.4, 0.5) is 18.9 Å². The molecule has 1 amide bonds. The molecule has 152 valence electrons. The third-order valence-electron chi connectivity index (χ3n) is 4.34. The van der Waals surface area contributed by atoms with E-state index in [0.717, 1.165) is 4.57 Å². The van der Waals surface area contributed by atoms with Crippen LogP contribution in [0.2, 0.25) is 0 Å². The fourth-order valence-electron chi connectivity index (χ4n) is 3.06. The summed E-state index contributed by atoms with van der Waals surface area (Å²) in [5.74, 6) is -0.566. The van der Waals surface area contributed by atoms with E-state index in [1.54, 1.807) is 24.3 Å². The van der Waals surface area contributed by atoms with Crippen LogP contribution >= 0.6 is 0 Å². The molecule has 10 heteroatoms. The lowest BCUT2D eigenvalue weighted by Gasteiger charge is -2.18. The van der Waals surface area contributed by atoms with Crippen LogP contribution in [0.1, 0.15) is 5.82 Å². The molecule has 0 atom stereocenters. The number of ether oxygens (including phenoxy) is 3. The highest BCUT2D eigenvalue weighted by atomic mass is 19.4. The summed E-state index contributed by atoms with van der Waals surface area (Å²) in [6.45, 7) is 0.0172. The van der Waals surface area contributed by atoms with Gasteiger partial charge in [0, 0.05) is 17.8 Å². The summed E-state index contributed by atoms with van der Waals surface area (Å²) in [4.78, 5) is 16.1. The Morgan fingerprint density at radius 1 is 1.17 bits per heavy atom. The fourth-order valence-corrected chi connectivity index (χ4v) is 3.06. The van der Waals surface area contributed by atoms with Crippen LogP contribution in [0.5, 0.6) is 17.2 Å². The molecule has 29 heavy (non-hydrogen) atoms. The van der Waals surface area contributed by atoms with Crippen LogP contribution in [0, 0.1) is 0 Å². The minimum absolute atomic E-state index is 0.0684. The summed E-state index contributed by atoms with van der Waals surface area (Å²) in [5.41, 5.74) is 0.633. The second kappa shape index (κ2) is 7.19. The third kappa shape index (κ3) is 3.78. The van der Waals surface area contributed by atoms with E-state index in [2.05, 4.69) is 10.3 Å². The first-order chi connectivity index (χ1) is 13.8. The smallest absolute Gasteiger partial charge is 0.449 e. The van der Waals surface area contributed by atoms with Gasteiger partial charge in [0.05, 0.1) is 18.1 Å². The number of methoxy groups -OCH3 is 1. The molecule has 0 radical (unpaired) electrons. The molecule has 4 rings (SSSR count). The topological polar surface area (TPSA) is 74.6 Å². The number of fused-ring (bicyclic) bond motifs is 2. The molecule has 7 nitrogen and oxygen atoms in total. The maximum atomic E-state index is 13.5. The van der Waals surface area contributed by atoms with Gasteiger partial charge in [-0.15, -0.1) is 0 Å². The van der Waals surface area contributed by atoms with Crippen LogP contribution in [0.15, 0.2) is 36.4 Å². The van der Waals surface area contributed by atoms with Crippen LogP contribution in [0.3, 0.4) is 0 Å². The van der Waals surface area contributed by atoms with Crippen LogP contribution < -0.4 is 19.5 Å². The van der Waals surface area contributed by atoms with Crippen molar-refractivity contribution in [3.8, 4) is 17.2 Å². The summed E-state index contributed by atoms with van der Waals surface area (Å²) in [5, 5.41) is 2.57. The molecule has 0 fully saturated rings. The van der Waals surface area contributed by atoms with Gasteiger partial charge in [-0.3, -0.25) is 4.79 Å². The van der Waals surface area contributed by atoms with Crippen LogP contribution in [-0.4, -0.2) is 35.8 Å². The maximum Gasteiger partial charge on any atom is 0.449 e. The van der Waals surface area contributed by atoms with E-state index in [-0.39, 0.29) is 17.6 Å². The van der Waals surface area contributed by atoms with Crippen molar-refractivity contribution >= 4 is 22.6 Å². The number of anilines is 1. The summed E-state index contributed by atoms with van der Waals surface area (Å²) in [7, 11) is 1.50. The molecule has 3 aromatic rings. The van der Waals surface area contributed by atoms with Gasteiger partial charge in [-0.1, -0.05) is 0 Å². The van der Waals surface area contributed by atoms with Gasteiger partial charge in [0.2, 0.25) is 11.7 Å². The number of halogens is 3. The normalized spacial score (nSPS) is 13.4. The molecule has 1 N–H and O–H groups in total. The van der Waals surface area contributed by atoms with Crippen molar-refractivity contribution in [3.05, 3.63) is 42.2 Å². The van der Waals surface area contributed by atoms with E-state index in [0.29, 0.717) is 29.5 Å². The number of nitrogens with zero attached hydrogens (tertiary/aromatic N) is 2. The van der Waals surface area contributed by atoms with Gasteiger partial charge < -0.3 is 24.1 Å². The third-order valence-corrected chi connectivity index (χ3v) is 4.34. The van der Waals surface area contributed by atoms with Gasteiger partial charge in [-0.05, 0) is 24.3 Å². The van der Waals surface area contributed by atoms with Crippen molar-refractivity contribution in [2.45, 2.75) is 12.7 Å². The SMILES string of the molecule is COc1ccc(NC(=O)Cn2c(C(F)(F)F)nc3cc4c(cc32)OCCO4)cc1. The largest absolute Gasteiger partial charge is 0.497 e. The van der Waals surface area contributed by atoms with Crippen molar-refractivity contribution in [1.82, 2.24) is 9.55 Å². The Labute approximate surface area is 163 Å². The van der Waals surface area contributed by atoms with E-state index in [4.69, 9.17) is 14.2 Å². The molecule has 1 aliphatic heterocycles. The van der Waals surface area contributed by atoms with E-state index >= 15 is 0 Å². The zero-order valence-electron chi connectivity index (χ0n) is 15.2. The number of carbonyl (C=O) groups is 1. The Hall–Kier alpha value is -3.43. The first-order valence-electron chi connectivity index (χ1n) is 8.66. The molecule has 0 saturated heterocycles. The van der Waals surface area contributed by atoms with E-state index < -0.39 is 24.5 Å². The fraction of sp³-hybridized carbons (Fsp3) is 0.263. The number of hydrogen-bond donors (Lipinski definition) is 1. The molecule has 0 spiro atoms. The molecule has 2 aromatic carbocycles. The molecule has 2 heterocycles. The Morgan fingerprint density at radius 3 is 2.45 bits per heavy atom. The predicted molar refractivity (Wildman–Crippen MR) is 97.3 cm³/mol. The molecule has 0 unspecified atom stereocenters. The number of benzene rings is 2. The molecule has 1 aromatic heterocycles. The quantitative estimate of drug-likeness (QED) is 0.717. The molecule has 0 saturated carbocycles. The van der Waals surface area contributed by atoms with Gasteiger partial charge in [-0.2, -0.15) is 13.2 Å². The molecular weight excluding hydrogens is 391 g/mol. The lowest BCUT2D eigenvalue weighted by atomic mass is 10.2. The summed E-state index contributed by atoms with van der Waals surface area (Å²) >= 11 is 0. The number of imidazole rings is 1. The first kappa shape index (κ1) is 18.9. The molecule has 1 aliphatic rings. The maximum absolute atomic E-state index is 13.5. The minimum atomic E-state index is -4.73. The van der Waals surface area contributed by atoms with Crippen molar-refractivity contribution in [1.29, 1.82) is 0 Å². The Balaban J connectivity index is 1.67. The second-order valence-corrected chi connectivity index (χ2v) is 6.28. The minimum Gasteiger partial charge on any atom is -0.497 e. The van der Waals surface area contributed by atoms with Crippen molar-refractivity contribution in [2.24, 2.45) is 0 Å². The first-order valence-corrected chi connectivity index (χ1v) is 8.66. The van der Waals surface area contributed by atoms with Gasteiger partial charge in [0.15, 0.2) is 11.5 Å². The zero-order chi connectivity index (χ0) is 20.6. The number of aromatic nitrogens is 2. The summed E-state index contributed by atoms with van der Waals surface area (Å²) in [6.07, 6.45) is -4.73. The average Bonchev–Trinajstić information content (AvgIpc) is 3.04. The van der Waals surface area contributed by atoms with Gasteiger partial charge in [0.25, 0.3) is 0 Å². The average molecular weight is 407 g/mol. The Kier molecular flexibility index (Phi) is 4.69. The van der Waals surface area contributed by atoms with Crippen molar-refractivity contribution in [2.75, 3.05) is 25.6 Å². The van der Waals surface area contributed by atoms with Gasteiger partial charge in [-0.25, -0.2) is 4.98 Å². The Bertz CT molecular complexity index is 1060. The van der Waals surface area contributed by atoms with E-state index in [9.17, 15) is 18.0 Å². The summed E-state index contributed by atoms with van der Waals surface area (Å²) < 4.78 is 57.3. The van der Waals surface area contributed by atoms with Crippen molar-refractivity contribution in [3.63, 3.8) is 0 Å². The predicted octanol–water partition coefficient (Wildman–Crippen LogP) is 3.47. The second-order valence-electron chi connectivity index (χ2n) is 6.28. The van der Waals surface area contributed by atoms with E-state index in [1.165, 1.54) is 19.2 Å². The highest BCUT2D eigenvalue weighted by Gasteiger charge is 2.38. The standard InChI is InChI=1S/C19H16F3N3O4/c1-27-12-4-2-11(3-5-12)23-17(26)10-25-14-9-16-15(28-6-7-29-16)8-13(14)24-18(25)19(20,21)22/h2-5,8-9H,6-7,10H2,1H3,(H,23,26). The number of nitrogens with one attached hydrogen (secondary N) is 1. The number of hydrogen-bond acceptors (Lipinski definition) is 5. The van der Waals surface area contributed by atoms with Crippen LogP contribution in [-0.2, 0) is 17.5 Å². The van der Waals surface area contributed by atoms with E-state index in [1.807, 2.05) is 0 Å². The van der Waals surface area contributed by atoms with Crippen LogP contribution in [0.25, 0.3) is 11.0 Å². The van der Waals surface area contributed by atoms with Crippen molar-refractivity contribution < 1.29 is 32.2 Å². The number of carbonyl (C=O) groups excluding carboxylic acids is 1. The number of amides is 1. The highest BCUT2D eigenvalue weighted by Crippen LogP contribution is 2.38. The number of alkyl halides is 3. The molecule has 0 bridgehead atoms. The van der Waals surface area contributed by atoms with Gasteiger partial charge in [0.1, 0.15) is 25.5 Å². The van der Waals surface area contributed by atoms with Gasteiger partial charge >= 0.3 is 6.18 Å². The molecular formula is C19H16F3N3O4. The lowest BCUT2D eigenvalue weighted by molar-refractivity contribution is -0.147. The lowest BCUT2D eigenvalue weighted by Crippen LogP contribution is -2.23. The highest BCUT2D eigenvalue weighted by molar-refractivity contribution is 5.92. The molecule has 0 aliphatic carbocycles. The Morgan fingerprint density at radius 2 is 1.83 bits per heavy atom. The monoisotopic (exact) mass is 407 g/mol. The summed E-state index contributed by atoms with van der Waals surface area (Å²) in [6, 6.07) is 9.24. The number of rotatable bonds is 4. The zero-order valence-corrected chi connectivity index (χ0v) is 15.2.